The van der Waals surface area contributed by atoms with Crippen LogP contribution in [0.25, 0.3) is 0 Å². The van der Waals surface area contributed by atoms with Gasteiger partial charge in [0.2, 0.25) is 10.0 Å². The molecule has 0 aromatic heterocycles. The van der Waals surface area contributed by atoms with Gasteiger partial charge in [0.05, 0.1) is 23.1 Å². The highest BCUT2D eigenvalue weighted by atomic mass is 79.9. The van der Waals surface area contributed by atoms with Crippen LogP contribution in [0.1, 0.15) is 19.8 Å². The maximum atomic E-state index is 12.1. The van der Waals surface area contributed by atoms with Crippen molar-refractivity contribution in [2.45, 2.75) is 24.7 Å². The summed E-state index contributed by atoms with van der Waals surface area (Å²) in [6.07, 6.45) is 0.568. The molecule has 0 aliphatic heterocycles. The molecule has 0 radical (unpaired) electrons. The number of benzene rings is 1. The van der Waals surface area contributed by atoms with Crippen LogP contribution in [0.15, 0.2) is 27.6 Å². The smallest absolute Gasteiger partial charge is 0.305 e. The van der Waals surface area contributed by atoms with Gasteiger partial charge < -0.3 is 9.47 Å². The van der Waals surface area contributed by atoms with E-state index in [0.29, 0.717) is 23.2 Å². The van der Waals surface area contributed by atoms with Crippen molar-refractivity contribution in [3.05, 3.63) is 22.7 Å². The summed E-state index contributed by atoms with van der Waals surface area (Å²) in [6.45, 7) is 2.22. The lowest BCUT2D eigenvalue weighted by atomic mass is 10.3. The minimum Gasteiger partial charge on any atom is -0.496 e. The van der Waals surface area contributed by atoms with Crippen LogP contribution in [-0.4, -0.2) is 34.6 Å². The molecule has 1 aromatic carbocycles. The number of rotatable bonds is 8. The SMILES string of the molecule is CCOC(=O)CCCNS(=O)(=O)c1ccc(OC)c(Br)c1. The third-order valence-electron chi connectivity index (χ3n) is 2.59. The van der Waals surface area contributed by atoms with Gasteiger partial charge >= 0.3 is 5.97 Å². The third-order valence-corrected chi connectivity index (χ3v) is 4.67. The zero-order chi connectivity index (χ0) is 15.9. The van der Waals surface area contributed by atoms with E-state index in [2.05, 4.69) is 20.7 Å². The molecule has 0 spiro atoms. The van der Waals surface area contributed by atoms with Gasteiger partial charge in [-0.25, -0.2) is 13.1 Å². The molecule has 1 N–H and O–H groups in total. The lowest BCUT2D eigenvalue weighted by molar-refractivity contribution is -0.143. The summed E-state index contributed by atoms with van der Waals surface area (Å²) in [5.74, 6) is 0.222. The van der Waals surface area contributed by atoms with Gasteiger partial charge in [0.15, 0.2) is 0 Å². The summed E-state index contributed by atoms with van der Waals surface area (Å²) in [7, 11) is -2.10. The molecule has 6 nitrogen and oxygen atoms in total. The van der Waals surface area contributed by atoms with E-state index >= 15 is 0 Å². The van der Waals surface area contributed by atoms with Gasteiger partial charge in [-0.05, 0) is 47.5 Å². The molecule has 21 heavy (non-hydrogen) atoms. The van der Waals surface area contributed by atoms with Crippen LogP contribution in [0.2, 0.25) is 0 Å². The first kappa shape index (κ1) is 17.9. The van der Waals surface area contributed by atoms with Crippen LogP contribution in [-0.2, 0) is 19.6 Å². The van der Waals surface area contributed by atoms with Crippen molar-refractivity contribution < 1.29 is 22.7 Å². The Hall–Kier alpha value is -1.12. The molecule has 1 rings (SSSR count). The number of methoxy groups -OCH3 is 1. The van der Waals surface area contributed by atoms with Gasteiger partial charge in [-0.3, -0.25) is 4.79 Å². The number of sulfonamides is 1. The standard InChI is InChI=1S/C13H18BrNO5S/c1-3-20-13(16)5-4-8-15-21(17,18)10-6-7-12(19-2)11(14)9-10/h6-7,9,15H,3-5,8H2,1-2H3. The molecule has 8 heteroatoms. The minimum atomic E-state index is -3.61. The summed E-state index contributed by atoms with van der Waals surface area (Å²) in [5.41, 5.74) is 0. The highest BCUT2D eigenvalue weighted by Crippen LogP contribution is 2.27. The molecule has 0 saturated carbocycles. The van der Waals surface area contributed by atoms with Crippen molar-refractivity contribution in [1.29, 1.82) is 0 Å². The van der Waals surface area contributed by atoms with Gasteiger partial charge in [0.25, 0.3) is 0 Å². The fourth-order valence-electron chi connectivity index (χ4n) is 1.57. The van der Waals surface area contributed by atoms with Crippen molar-refractivity contribution in [3.63, 3.8) is 0 Å². The Bertz CT molecular complexity index is 588. The zero-order valence-corrected chi connectivity index (χ0v) is 14.3. The lowest BCUT2D eigenvalue weighted by Gasteiger charge is -2.09. The summed E-state index contributed by atoms with van der Waals surface area (Å²) >= 11 is 3.24. The van der Waals surface area contributed by atoms with Crippen LogP contribution >= 0.6 is 15.9 Å². The first-order chi connectivity index (χ1) is 9.90. The molecule has 0 atom stereocenters. The van der Waals surface area contributed by atoms with Crippen LogP contribution in [0.4, 0.5) is 0 Å². The summed E-state index contributed by atoms with van der Waals surface area (Å²) in [5, 5.41) is 0. The second kappa shape index (κ2) is 8.35. The molecule has 0 bridgehead atoms. The predicted molar refractivity (Wildman–Crippen MR) is 81.7 cm³/mol. The van der Waals surface area contributed by atoms with Crippen molar-refractivity contribution in [2.75, 3.05) is 20.3 Å². The molecule has 0 unspecified atom stereocenters. The molecular weight excluding hydrogens is 362 g/mol. The number of halogens is 1. The highest BCUT2D eigenvalue weighted by Gasteiger charge is 2.15. The van der Waals surface area contributed by atoms with Crippen molar-refractivity contribution >= 4 is 31.9 Å². The first-order valence-corrected chi connectivity index (χ1v) is 8.67. The fourth-order valence-corrected chi connectivity index (χ4v) is 3.36. The molecule has 0 saturated heterocycles. The number of hydrogen-bond donors (Lipinski definition) is 1. The Labute approximate surface area is 133 Å². The van der Waals surface area contributed by atoms with Gasteiger partial charge in [0.1, 0.15) is 5.75 Å². The summed E-state index contributed by atoms with van der Waals surface area (Å²) in [4.78, 5) is 11.3. The van der Waals surface area contributed by atoms with E-state index in [9.17, 15) is 13.2 Å². The van der Waals surface area contributed by atoms with Crippen LogP contribution < -0.4 is 9.46 Å². The number of hydrogen-bond acceptors (Lipinski definition) is 5. The Morgan fingerprint density at radius 1 is 1.38 bits per heavy atom. The topological polar surface area (TPSA) is 81.7 Å². The van der Waals surface area contributed by atoms with Crippen molar-refractivity contribution in [3.8, 4) is 5.75 Å². The largest absolute Gasteiger partial charge is 0.496 e. The first-order valence-electron chi connectivity index (χ1n) is 6.39. The zero-order valence-electron chi connectivity index (χ0n) is 11.9. The maximum Gasteiger partial charge on any atom is 0.305 e. The van der Waals surface area contributed by atoms with E-state index in [0.717, 1.165) is 0 Å². The average molecular weight is 380 g/mol. The second-order valence-corrected chi connectivity index (χ2v) is 6.72. The monoisotopic (exact) mass is 379 g/mol. The Balaban J connectivity index is 2.58. The molecule has 0 fully saturated rings. The minimum absolute atomic E-state index is 0.131. The van der Waals surface area contributed by atoms with E-state index in [1.807, 2.05) is 0 Å². The Kier molecular flexibility index (Phi) is 7.13. The van der Waals surface area contributed by atoms with Gasteiger partial charge in [-0.2, -0.15) is 0 Å². The van der Waals surface area contributed by atoms with E-state index < -0.39 is 10.0 Å². The molecule has 118 valence electrons. The van der Waals surface area contributed by atoms with Crippen LogP contribution in [0, 0.1) is 0 Å². The van der Waals surface area contributed by atoms with Crippen LogP contribution in [0.5, 0.6) is 5.75 Å². The molecule has 0 heterocycles. The number of nitrogens with one attached hydrogen (secondary N) is 1. The molecular formula is C13H18BrNO5S. The van der Waals surface area contributed by atoms with Gasteiger partial charge in [0, 0.05) is 13.0 Å². The van der Waals surface area contributed by atoms with E-state index in [-0.39, 0.29) is 23.8 Å². The van der Waals surface area contributed by atoms with Crippen LogP contribution in [0.3, 0.4) is 0 Å². The van der Waals surface area contributed by atoms with Gasteiger partial charge in [-0.1, -0.05) is 0 Å². The Morgan fingerprint density at radius 3 is 2.67 bits per heavy atom. The normalized spacial score (nSPS) is 11.2. The summed E-state index contributed by atoms with van der Waals surface area (Å²) in [6, 6.07) is 4.49. The predicted octanol–water partition coefficient (Wildman–Crippen LogP) is 2.08. The molecule has 0 amide bonds. The molecule has 1 aromatic rings. The fraction of sp³-hybridized carbons (Fsp3) is 0.462. The Morgan fingerprint density at radius 2 is 2.10 bits per heavy atom. The lowest BCUT2D eigenvalue weighted by Crippen LogP contribution is -2.25. The van der Waals surface area contributed by atoms with Gasteiger partial charge in [-0.15, -0.1) is 0 Å². The van der Waals surface area contributed by atoms with E-state index in [4.69, 9.17) is 9.47 Å². The highest BCUT2D eigenvalue weighted by molar-refractivity contribution is 9.10. The number of carbonyl (C=O) groups is 1. The number of esters is 1. The maximum absolute atomic E-state index is 12.1. The number of carbonyl (C=O) groups excluding carboxylic acids is 1. The molecule has 0 aliphatic carbocycles. The van der Waals surface area contributed by atoms with E-state index in [1.165, 1.54) is 19.2 Å². The van der Waals surface area contributed by atoms with E-state index in [1.54, 1.807) is 13.0 Å². The summed E-state index contributed by atoms with van der Waals surface area (Å²) < 4.78 is 36.9. The average Bonchev–Trinajstić information content (AvgIpc) is 2.44. The van der Waals surface area contributed by atoms with Crippen molar-refractivity contribution in [1.82, 2.24) is 4.72 Å². The van der Waals surface area contributed by atoms with Crippen molar-refractivity contribution in [2.24, 2.45) is 0 Å². The quantitative estimate of drug-likeness (QED) is 0.552. The molecule has 0 aliphatic rings. The third kappa shape index (κ3) is 5.64. The second-order valence-electron chi connectivity index (χ2n) is 4.10. The number of ether oxygens (including phenoxy) is 2.